The maximum atomic E-state index is 11.5. The van der Waals surface area contributed by atoms with Crippen molar-refractivity contribution in [1.82, 2.24) is 9.97 Å². The lowest BCUT2D eigenvalue weighted by molar-refractivity contribution is -0.000154. The van der Waals surface area contributed by atoms with Crippen LogP contribution in [0.2, 0.25) is 0 Å². The van der Waals surface area contributed by atoms with Gasteiger partial charge in [0.1, 0.15) is 17.5 Å². The summed E-state index contributed by atoms with van der Waals surface area (Å²) < 4.78 is 10.5. The molecule has 1 aromatic heterocycles. The second kappa shape index (κ2) is 7.36. The zero-order chi connectivity index (χ0) is 15.2. The van der Waals surface area contributed by atoms with E-state index in [0.717, 1.165) is 12.8 Å². The van der Waals surface area contributed by atoms with Crippen LogP contribution in [-0.2, 0) is 9.47 Å². The highest BCUT2D eigenvalue weighted by Gasteiger charge is 2.28. The first-order valence-corrected chi connectivity index (χ1v) is 7.49. The van der Waals surface area contributed by atoms with Crippen molar-refractivity contribution in [2.45, 2.75) is 45.1 Å². The number of hydrogen-bond acceptors (Lipinski definition) is 6. The van der Waals surface area contributed by atoms with Gasteiger partial charge in [-0.05, 0) is 25.7 Å². The number of rotatable bonds is 5. The molecule has 1 aliphatic rings. The van der Waals surface area contributed by atoms with Gasteiger partial charge in [-0.25, -0.2) is 14.8 Å². The number of nitrogens with zero attached hydrogens (tertiary/aromatic N) is 2. The number of carbonyl (C=O) groups is 1. The van der Waals surface area contributed by atoms with E-state index in [4.69, 9.17) is 10.5 Å². The van der Waals surface area contributed by atoms with E-state index < -0.39 is 5.97 Å². The van der Waals surface area contributed by atoms with Crippen molar-refractivity contribution in [3.8, 4) is 0 Å². The van der Waals surface area contributed by atoms with Crippen molar-refractivity contribution in [1.29, 1.82) is 0 Å². The molecule has 1 aromatic rings. The van der Waals surface area contributed by atoms with Crippen LogP contribution in [-0.4, -0.2) is 29.7 Å². The van der Waals surface area contributed by atoms with Crippen molar-refractivity contribution in [3.05, 3.63) is 17.6 Å². The molecule has 6 nitrogen and oxygen atoms in total. The zero-order valence-electron chi connectivity index (χ0n) is 12.7. The Hall–Kier alpha value is -1.69. The Morgan fingerprint density at radius 1 is 1.43 bits per heavy atom. The Bertz CT molecular complexity index is 487. The molecule has 1 heterocycles. The largest absolute Gasteiger partial charge is 0.465 e. The number of anilines is 1. The molecule has 0 radical (unpaired) electrons. The molecule has 0 aromatic carbocycles. The molecule has 1 unspecified atom stereocenters. The van der Waals surface area contributed by atoms with Crippen molar-refractivity contribution in [2.24, 2.45) is 5.92 Å². The summed E-state index contributed by atoms with van der Waals surface area (Å²) in [6.07, 6.45) is 7.22. The Kier molecular flexibility index (Phi) is 5.50. The Morgan fingerprint density at radius 2 is 2.14 bits per heavy atom. The third-order valence-electron chi connectivity index (χ3n) is 3.92. The van der Waals surface area contributed by atoms with E-state index in [9.17, 15) is 4.79 Å². The summed E-state index contributed by atoms with van der Waals surface area (Å²) >= 11 is 0. The van der Waals surface area contributed by atoms with Crippen molar-refractivity contribution < 1.29 is 14.3 Å². The molecule has 21 heavy (non-hydrogen) atoms. The predicted molar refractivity (Wildman–Crippen MR) is 78.7 cm³/mol. The average molecular weight is 293 g/mol. The van der Waals surface area contributed by atoms with Crippen LogP contribution >= 0.6 is 0 Å². The molecule has 0 bridgehead atoms. The van der Waals surface area contributed by atoms with Crippen LogP contribution in [0.5, 0.6) is 0 Å². The molecular weight excluding hydrogens is 270 g/mol. The highest BCUT2D eigenvalue weighted by molar-refractivity contribution is 5.93. The summed E-state index contributed by atoms with van der Waals surface area (Å²) in [6.45, 7) is 2.56. The van der Waals surface area contributed by atoms with Gasteiger partial charge in [-0.15, -0.1) is 0 Å². The van der Waals surface area contributed by atoms with Crippen LogP contribution < -0.4 is 5.73 Å². The molecule has 0 aliphatic heterocycles. The molecule has 2 rings (SSSR count). The number of nitrogen functional groups attached to an aromatic ring is 1. The highest BCUT2D eigenvalue weighted by Crippen LogP contribution is 2.35. The van der Waals surface area contributed by atoms with Crippen LogP contribution in [0.25, 0.3) is 0 Å². The average Bonchev–Trinajstić information content (AvgIpc) is 2.52. The number of carbonyl (C=O) groups excluding carboxylic acids is 1. The lowest BCUT2D eigenvalue weighted by Crippen LogP contribution is -2.22. The quantitative estimate of drug-likeness (QED) is 0.839. The Labute approximate surface area is 125 Å². The SMILES string of the molecule is CCOC(c1ncc(C(=O)OC)c(N)n1)C1CCCCC1. The fourth-order valence-electron chi connectivity index (χ4n) is 2.85. The van der Waals surface area contributed by atoms with Gasteiger partial charge >= 0.3 is 5.97 Å². The van der Waals surface area contributed by atoms with E-state index in [0.29, 0.717) is 18.3 Å². The maximum absolute atomic E-state index is 11.5. The molecule has 2 N–H and O–H groups in total. The molecule has 0 saturated heterocycles. The van der Waals surface area contributed by atoms with Crippen molar-refractivity contribution >= 4 is 11.8 Å². The number of methoxy groups -OCH3 is 1. The van der Waals surface area contributed by atoms with Crippen molar-refractivity contribution in [2.75, 3.05) is 19.5 Å². The summed E-state index contributed by atoms with van der Waals surface area (Å²) in [5.74, 6) is 0.605. The standard InChI is InChI=1S/C15H23N3O3/c1-3-21-12(10-7-5-4-6-8-10)14-17-9-11(13(16)18-14)15(19)20-2/h9-10,12H,3-8H2,1-2H3,(H2,16,17,18). The third kappa shape index (κ3) is 3.69. The zero-order valence-corrected chi connectivity index (χ0v) is 12.7. The van der Waals surface area contributed by atoms with E-state index >= 15 is 0 Å². The molecule has 6 heteroatoms. The third-order valence-corrected chi connectivity index (χ3v) is 3.92. The first-order valence-electron chi connectivity index (χ1n) is 7.49. The number of nitrogens with two attached hydrogens (primary N) is 1. The van der Waals surface area contributed by atoms with Gasteiger partial charge in [0, 0.05) is 12.8 Å². The lowest BCUT2D eigenvalue weighted by Gasteiger charge is -2.29. The molecule has 0 spiro atoms. The second-order valence-electron chi connectivity index (χ2n) is 5.29. The molecule has 1 aliphatic carbocycles. The number of ether oxygens (including phenoxy) is 2. The smallest absolute Gasteiger partial charge is 0.343 e. The van der Waals surface area contributed by atoms with Crippen LogP contribution in [0.3, 0.4) is 0 Å². The predicted octanol–water partition coefficient (Wildman–Crippen LogP) is 2.50. The second-order valence-corrected chi connectivity index (χ2v) is 5.29. The molecular formula is C15H23N3O3. The number of hydrogen-bond donors (Lipinski definition) is 1. The molecule has 116 valence electrons. The first-order chi connectivity index (χ1) is 10.2. The Morgan fingerprint density at radius 3 is 2.71 bits per heavy atom. The van der Waals surface area contributed by atoms with Crippen LogP contribution in [0, 0.1) is 5.92 Å². The topological polar surface area (TPSA) is 87.3 Å². The minimum absolute atomic E-state index is 0.146. The van der Waals surface area contributed by atoms with Crippen LogP contribution in [0.1, 0.15) is 61.3 Å². The van der Waals surface area contributed by atoms with Gasteiger partial charge in [-0.2, -0.15) is 0 Å². The van der Waals surface area contributed by atoms with E-state index in [1.807, 2.05) is 6.92 Å². The van der Waals surface area contributed by atoms with E-state index in [1.165, 1.54) is 32.6 Å². The highest BCUT2D eigenvalue weighted by atomic mass is 16.5. The van der Waals surface area contributed by atoms with Gasteiger partial charge in [0.2, 0.25) is 0 Å². The monoisotopic (exact) mass is 293 g/mol. The van der Waals surface area contributed by atoms with Crippen molar-refractivity contribution in [3.63, 3.8) is 0 Å². The molecule has 0 amide bonds. The summed E-state index contributed by atoms with van der Waals surface area (Å²) in [5.41, 5.74) is 6.05. The molecule has 1 fully saturated rings. The fourth-order valence-corrected chi connectivity index (χ4v) is 2.85. The van der Waals surface area contributed by atoms with E-state index in [2.05, 4.69) is 14.7 Å². The van der Waals surface area contributed by atoms with E-state index in [-0.39, 0.29) is 17.5 Å². The van der Waals surface area contributed by atoms with Gasteiger partial charge < -0.3 is 15.2 Å². The van der Waals surface area contributed by atoms with Crippen LogP contribution in [0.15, 0.2) is 6.20 Å². The first kappa shape index (κ1) is 15.7. The fraction of sp³-hybridized carbons (Fsp3) is 0.667. The summed E-state index contributed by atoms with van der Waals surface area (Å²) in [6, 6.07) is 0. The molecule has 1 atom stereocenters. The Balaban J connectivity index is 2.23. The molecule has 1 saturated carbocycles. The lowest BCUT2D eigenvalue weighted by atomic mass is 9.85. The summed E-state index contributed by atoms with van der Waals surface area (Å²) in [4.78, 5) is 20.1. The summed E-state index contributed by atoms with van der Waals surface area (Å²) in [5, 5.41) is 0. The number of aromatic nitrogens is 2. The van der Waals surface area contributed by atoms with Gasteiger partial charge in [0.15, 0.2) is 5.82 Å². The van der Waals surface area contributed by atoms with Gasteiger partial charge in [-0.3, -0.25) is 0 Å². The van der Waals surface area contributed by atoms with Gasteiger partial charge in [-0.1, -0.05) is 19.3 Å². The summed E-state index contributed by atoms with van der Waals surface area (Å²) in [7, 11) is 1.31. The minimum atomic E-state index is -0.523. The normalized spacial score (nSPS) is 17.4. The van der Waals surface area contributed by atoms with Gasteiger partial charge in [0.05, 0.1) is 7.11 Å². The maximum Gasteiger partial charge on any atom is 0.343 e. The minimum Gasteiger partial charge on any atom is -0.465 e. The van der Waals surface area contributed by atoms with E-state index in [1.54, 1.807) is 0 Å². The van der Waals surface area contributed by atoms with Gasteiger partial charge in [0.25, 0.3) is 0 Å². The van der Waals surface area contributed by atoms with Crippen LogP contribution in [0.4, 0.5) is 5.82 Å². The number of esters is 1.